The van der Waals surface area contributed by atoms with Crippen molar-refractivity contribution in [3.05, 3.63) is 70.6 Å². The highest BCUT2D eigenvalue weighted by molar-refractivity contribution is 7.98. The normalized spacial score (nSPS) is 16.4. The third kappa shape index (κ3) is 4.50. The highest BCUT2D eigenvalue weighted by Gasteiger charge is 2.38. The van der Waals surface area contributed by atoms with Crippen molar-refractivity contribution in [2.24, 2.45) is 0 Å². The molecule has 1 atom stereocenters. The van der Waals surface area contributed by atoms with Crippen molar-refractivity contribution >= 4 is 29.6 Å². The number of carboxylic acid groups (broad SMARTS) is 1. The number of hydrogen-bond donors (Lipinski definition) is 2. The largest absolute Gasteiger partial charge is 0.511 e. The fraction of sp³-hybridized carbons (Fsp3) is 0.190. The fourth-order valence-electron chi connectivity index (χ4n) is 3.32. The molecule has 0 radical (unpaired) electrons. The van der Waals surface area contributed by atoms with Crippen molar-refractivity contribution in [2.45, 2.75) is 24.0 Å². The van der Waals surface area contributed by atoms with Crippen LogP contribution >= 0.6 is 11.8 Å². The number of carbonyl (C=O) groups excluding carboxylic acids is 1. The Labute approximate surface area is 185 Å². The minimum Gasteiger partial charge on any atom is -0.449 e. The lowest BCUT2D eigenvalue weighted by molar-refractivity contribution is -0.137. The number of allylic oxidation sites excluding steroid dienone is 1. The standard InChI is InChI=1S/C21H16F3N3O4S/c1-11-18(31-20(29)30)17(15-7-6-12(10-25)8-16(15)32-2)26-19(28)27(11)14-5-3-4-13(9-14)21(22,23)24/h3-9,17H,1-2H3,(H,26,28)(H,29,30). The van der Waals surface area contributed by atoms with E-state index in [9.17, 15) is 27.9 Å². The van der Waals surface area contributed by atoms with Crippen LogP contribution in [0.1, 0.15) is 29.7 Å². The number of rotatable bonds is 4. The van der Waals surface area contributed by atoms with E-state index in [1.165, 1.54) is 30.8 Å². The minimum atomic E-state index is -4.63. The van der Waals surface area contributed by atoms with Gasteiger partial charge in [0, 0.05) is 4.90 Å². The van der Waals surface area contributed by atoms with Crippen molar-refractivity contribution in [2.75, 3.05) is 11.2 Å². The molecule has 32 heavy (non-hydrogen) atoms. The van der Waals surface area contributed by atoms with Crippen LogP contribution in [-0.2, 0) is 10.9 Å². The molecule has 1 unspecified atom stereocenters. The molecular weight excluding hydrogens is 447 g/mol. The van der Waals surface area contributed by atoms with E-state index in [1.807, 2.05) is 6.07 Å². The molecule has 0 saturated carbocycles. The Morgan fingerprint density at radius 2 is 2.00 bits per heavy atom. The summed E-state index contributed by atoms with van der Waals surface area (Å²) < 4.78 is 44.4. The number of thioether (sulfide) groups is 1. The topological polar surface area (TPSA) is 103 Å². The Morgan fingerprint density at radius 1 is 1.28 bits per heavy atom. The van der Waals surface area contributed by atoms with Crippen LogP contribution in [0.15, 0.2) is 58.8 Å². The average molecular weight is 463 g/mol. The summed E-state index contributed by atoms with van der Waals surface area (Å²) in [7, 11) is 0. The van der Waals surface area contributed by atoms with E-state index in [0.717, 1.165) is 23.1 Å². The molecule has 0 spiro atoms. The first kappa shape index (κ1) is 23.0. The zero-order valence-corrected chi connectivity index (χ0v) is 17.5. The van der Waals surface area contributed by atoms with Crippen molar-refractivity contribution in [1.82, 2.24) is 5.32 Å². The molecule has 2 N–H and O–H groups in total. The Morgan fingerprint density at radius 3 is 2.59 bits per heavy atom. The Hall–Kier alpha value is -3.65. The van der Waals surface area contributed by atoms with Gasteiger partial charge in [-0.2, -0.15) is 18.4 Å². The maximum Gasteiger partial charge on any atom is 0.511 e. The molecule has 1 heterocycles. The highest BCUT2D eigenvalue weighted by atomic mass is 32.2. The lowest BCUT2D eigenvalue weighted by Crippen LogP contribution is -2.47. The number of nitriles is 1. The first-order valence-electron chi connectivity index (χ1n) is 9.04. The van der Waals surface area contributed by atoms with E-state index >= 15 is 0 Å². The maximum atomic E-state index is 13.1. The molecule has 166 valence electrons. The lowest BCUT2D eigenvalue weighted by Gasteiger charge is -2.35. The van der Waals surface area contributed by atoms with Crippen LogP contribution in [0, 0.1) is 11.3 Å². The molecule has 3 rings (SSSR count). The predicted octanol–water partition coefficient (Wildman–Crippen LogP) is 5.50. The summed E-state index contributed by atoms with van der Waals surface area (Å²) in [6.07, 6.45) is -4.53. The zero-order valence-electron chi connectivity index (χ0n) is 16.7. The molecule has 7 nitrogen and oxygen atoms in total. The highest BCUT2D eigenvalue weighted by Crippen LogP contribution is 2.39. The molecule has 0 saturated heterocycles. The Bertz CT molecular complexity index is 1160. The summed E-state index contributed by atoms with van der Waals surface area (Å²) in [6.45, 7) is 1.38. The van der Waals surface area contributed by atoms with Crippen LogP contribution in [0.5, 0.6) is 0 Å². The molecule has 0 fully saturated rings. The van der Waals surface area contributed by atoms with Crippen molar-refractivity contribution < 1.29 is 32.6 Å². The number of anilines is 1. The molecule has 2 amide bonds. The van der Waals surface area contributed by atoms with E-state index in [4.69, 9.17) is 10.00 Å². The third-order valence-corrected chi connectivity index (χ3v) is 5.52. The van der Waals surface area contributed by atoms with Gasteiger partial charge in [-0.15, -0.1) is 11.8 Å². The number of halogens is 3. The molecule has 1 aliphatic rings. The van der Waals surface area contributed by atoms with Crippen LogP contribution in [0.3, 0.4) is 0 Å². The fourth-order valence-corrected chi connectivity index (χ4v) is 3.99. The third-order valence-electron chi connectivity index (χ3n) is 4.73. The Kier molecular flexibility index (Phi) is 6.36. The monoisotopic (exact) mass is 463 g/mol. The van der Waals surface area contributed by atoms with Gasteiger partial charge in [0.05, 0.1) is 28.6 Å². The van der Waals surface area contributed by atoms with Crippen LogP contribution in [0.2, 0.25) is 0 Å². The van der Waals surface area contributed by atoms with Crippen molar-refractivity contribution in [1.29, 1.82) is 5.26 Å². The number of nitrogens with zero attached hydrogens (tertiary/aromatic N) is 2. The number of nitrogens with one attached hydrogen (secondary N) is 1. The molecule has 2 aromatic rings. The van der Waals surface area contributed by atoms with Crippen LogP contribution in [0.25, 0.3) is 0 Å². The van der Waals surface area contributed by atoms with Gasteiger partial charge in [0.25, 0.3) is 0 Å². The van der Waals surface area contributed by atoms with Gasteiger partial charge in [0.1, 0.15) is 6.04 Å². The number of ether oxygens (including phenoxy) is 1. The van der Waals surface area contributed by atoms with E-state index in [0.29, 0.717) is 16.0 Å². The maximum absolute atomic E-state index is 13.1. The van der Waals surface area contributed by atoms with Crippen LogP contribution in [-0.4, -0.2) is 23.5 Å². The number of benzene rings is 2. The van der Waals surface area contributed by atoms with Gasteiger partial charge in [-0.25, -0.2) is 9.59 Å². The molecule has 11 heteroatoms. The van der Waals surface area contributed by atoms with Gasteiger partial charge in [-0.1, -0.05) is 12.1 Å². The minimum absolute atomic E-state index is 0.0110. The molecular formula is C21H16F3N3O4S. The second-order valence-corrected chi connectivity index (χ2v) is 7.50. The van der Waals surface area contributed by atoms with Crippen LogP contribution in [0.4, 0.5) is 28.4 Å². The summed E-state index contributed by atoms with van der Waals surface area (Å²) in [5.41, 5.74) is -0.215. The predicted molar refractivity (Wildman–Crippen MR) is 110 cm³/mol. The SMILES string of the molecule is CSc1cc(C#N)ccc1C1NC(=O)N(c2cccc(C(F)(F)F)c2)C(C)=C1OC(=O)O. The summed E-state index contributed by atoms with van der Waals surface area (Å²) in [6, 6.07) is 8.96. The zero-order chi connectivity index (χ0) is 23.6. The van der Waals surface area contributed by atoms with Gasteiger partial charge in [-0.3, -0.25) is 4.90 Å². The van der Waals surface area contributed by atoms with E-state index in [2.05, 4.69) is 5.32 Å². The average Bonchev–Trinajstić information content (AvgIpc) is 2.74. The Balaban J connectivity index is 2.16. The first-order chi connectivity index (χ1) is 15.1. The molecule has 0 aliphatic carbocycles. The number of carbonyl (C=O) groups is 2. The summed E-state index contributed by atoms with van der Waals surface area (Å²) >= 11 is 1.28. The van der Waals surface area contributed by atoms with Crippen LogP contribution < -0.4 is 10.2 Å². The summed E-state index contributed by atoms with van der Waals surface area (Å²) in [5, 5.41) is 21.0. The second-order valence-electron chi connectivity index (χ2n) is 6.65. The summed E-state index contributed by atoms with van der Waals surface area (Å²) in [4.78, 5) is 25.8. The summed E-state index contributed by atoms with van der Waals surface area (Å²) in [5.74, 6) is -0.172. The number of urea groups is 1. The van der Waals surface area contributed by atoms with E-state index < -0.39 is 30.0 Å². The molecule has 0 bridgehead atoms. The van der Waals surface area contributed by atoms with E-state index in [-0.39, 0.29) is 17.1 Å². The van der Waals surface area contributed by atoms with Gasteiger partial charge in [-0.05, 0) is 49.1 Å². The number of alkyl halides is 3. The first-order valence-corrected chi connectivity index (χ1v) is 10.3. The number of hydrogen-bond acceptors (Lipinski definition) is 5. The molecule has 1 aliphatic heterocycles. The van der Waals surface area contributed by atoms with Gasteiger partial charge < -0.3 is 15.2 Å². The van der Waals surface area contributed by atoms with Gasteiger partial charge in [0.2, 0.25) is 0 Å². The van der Waals surface area contributed by atoms with E-state index in [1.54, 1.807) is 18.4 Å². The molecule has 0 aromatic heterocycles. The van der Waals surface area contributed by atoms with Gasteiger partial charge >= 0.3 is 18.4 Å². The smallest absolute Gasteiger partial charge is 0.449 e. The lowest BCUT2D eigenvalue weighted by atomic mass is 10.00. The molecule has 2 aromatic carbocycles. The van der Waals surface area contributed by atoms with Crippen molar-refractivity contribution in [3.8, 4) is 6.07 Å². The quantitative estimate of drug-likeness (QED) is 0.459. The number of amides is 2. The second kappa shape index (κ2) is 8.84. The van der Waals surface area contributed by atoms with Gasteiger partial charge in [0.15, 0.2) is 5.76 Å². The van der Waals surface area contributed by atoms with Crippen molar-refractivity contribution in [3.63, 3.8) is 0 Å².